The van der Waals surface area contributed by atoms with E-state index in [4.69, 9.17) is 27.4 Å². The molecule has 7 heteroatoms. The molecule has 0 saturated carbocycles. The van der Waals surface area contributed by atoms with Crippen molar-refractivity contribution in [3.8, 4) is 5.75 Å². The molecular weight excluding hydrogens is 400 g/mol. The number of benzene rings is 2. The molecule has 0 spiro atoms. The van der Waals surface area contributed by atoms with Crippen molar-refractivity contribution >= 4 is 29.1 Å². The number of thiocarbonyl (C=S) groups is 1. The number of hydrogen-bond donors (Lipinski definition) is 1. The number of amides is 1. The summed E-state index contributed by atoms with van der Waals surface area (Å²) in [6, 6.07) is 13.0. The summed E-state index contributed by atoms with van der Waals surface area (Å²) in [6.45, 7) is 6.20. The summed E-state index contributed by atoms with van der Waals surface area (Å²) in [5.74, 6) is 0.110. The van der Waals surface area contributed by atoms with Crippen LogP contribution in [0.25, 0.3) is 0 Å². The first-order valence-corrected chi connectivity index (χ1v) is 10.2. The van der Waals surface area contributed by atoms with Crippen molar-refractivity contribution in [2.45, 2.75) is 39.4 Å². The van der Waals surface area contributed by atoms with Crippen LogP contribution in [0.2, 0.25) is 0 Å². The number of rotatable bonds is 6. The minimum absolute atomic E-state index is 0.0485. The summed E-state index contributed by atoms with van der Waals surface area (Å²) >= 11 is 5.01. The number of nitrogens with two attached hydrogens (primary N) is 1. The first-order valence-electron chi connectivity index (χ1n) is 9.78. The fourth-order valence-electron chi connectivity index (χ4n) is 3.26. The lowest BCUT2D eigenvalue weighted by atomic mass is 9.98. The van der Waals surface area contributed by atoms with Gasteiger partial charge in [-0.15, -0.1) is 0 Å². The van der Waals surface area contributed by atoms with E-state index in [1.165, 1.54) is 4.90 Å². The Labute approximate surface area is 182 Å². The minimum atomic E-state index is -0.575. The van der Waals surface area contributed by atoms with Crippen molar-refractivity contribution in [3.63, 3.8) is 0 Å². The highest BCUT2D eigenvalue weighted by Gasteiger charge is 2.28. The van der Waals surface area contributed by atoms with Crippen LogP contribution in [0, 0.1) is 0 Å². The molecule has 2 aromatic rings. The maximum Gasteiger partial charge on any atom is 0.326 e. The number of hydrogen-bond acceptors (Lipinski definition) is 5. The molecule has 2 N–H and O–H groups in total. The highest BCUT2D eigenvalue weighted by atomic mass is 32.1. The molecule has 1 heterocycles. The van der Waals surface area contributed by atoms with Gasteiger partial charge < -0.3 is 20.1 Å². The van der Waals surface area contributed by atoms with Gasteiger partial charge in [-0.1, -0.05) is 30.4 Å². The summed E-state index contributed by atoms with van der Waals surface area (Å²) in [5, 5.41) is 0. The smallest absolute Gasteiger partial charge is 0.326 e. The van der Waals surface area contributed by atoms with Gasteiger partial charge in [-0.2, -0.15) is 0 Å². The Balaban J connectivity index is 1.64. The van der Waals surface area contributed by atoms with Gasteiger partial charge >= 0.3 is 5.97 Å². The Kier molecular flexibility index (Phi) is 6.41. The van der Waals surface area contributed by atoms with Gasteiger partial charge in [-0.3, -0.25) is 9.59 Å². The van der Waals surface area contributed by atoms with Crippen molar-refractivity contribution in [1.82, 2.24) is 4.90 Å². The van der Waals surface area contributed by atoms with E-state index in [1.54, 1.807) is 32.9 Å². The predicted octanol–water partition coefficient (Wildman–Crippen LogP) is 3.24. The van der Waals surface area contributed by atoms with Gasteiger partial charge in [0, 0.05) is 17.7 Å². The molecule has 1 aliphatic rings. The molecule has 158 valence electrons. The average Bonchev–Trinajstić information content (AvgIpc) is 2.67. The van der Waals surface area contributed by atoms with Gasteiger partial charge in [-0.25, -0.2) is 0 Å². The van der Waals surface area contributed by atoms with Gasteiger partial charge in [-0.05, 0) is 62.6 Å². The summed E-state index contributed by atoms with van der Waals surface area (Å²) in [6.07, 6.45) is 0.651. The second-order valence-electron chi connectivity index (χ2n) is 8.24. The summed E-state index contributed by atoms with van der Waals surface area (Å²) in [7, 11) is 0. The molecule has 0 bridgehead atoms. The Bertz CT molecular complexity index is 981. The molecule has 0 fully saturated rings. The monoisotopic (exact) mass is 426 g/mol. The number of fused-ring (bicyclic) bond motifs is 1. The Morgan fingerprint density at radius 2 is 1.97 bits per heavy atom. The molecule has 30 heavy (non-hydrogen) atoms. The first kappa shape index (κ1) is 21.8. The van der Waals surface area contributed by atoms with Crippen LogP contribution in [0.1, 0.15) is 47.8 Å². The van der Waals surface area contributed by atoms with Gasteiger partial charge in [0.1, 0.15) is 29.5 Å². The minimum Gasteiger partial charge on any atom is -0.489 e. The molecule has 3 rings (SSSR count). The maximum atomic E-state index is 12.8. The van der Waals surface area contributed by atoms with Crippen LogP contribution in [0.3, 0.4) is 0 Å². The van der Waals surface area contributed by atoms with E-state index in [2.05, 4.69) is 0 Å². The number of carbonyl (C=O) groups excluding carboxylic acids is 2. The fraction of sp³-hybridized carbons (Fsp3) is 0.348. The third kappa shape index (κ3) is 5.57. The molecule has 0 atom stereocenters. The predicted molar refractivity (Wildman–Crippen MR) is 119 cm³/mol. The van der Waals surface area contributed by atoms with Crippen molar-refractivity contribution in [1.29, 1.82) is 0 Å². The standard InChI is InChI=1S/C23H26N2O4S/c1-23(2,3)29-20(26)13-25-10-9-16-12-18(7-8-19(16)22(25)27)28-14-15-5-4-6-17(11-15)21(24)30/h4-8,11-12H,9-10,13-14H2,1-3H3,(H2,24,30). The van der Waals surface area contributed by atoms with Crippen LogP contribution in [0.5, 0.6) is 5.75 Å². The molecule has 0 radical (unpaired) electrons. The lowest BCUT2D eigenvalue weighted by Gasteiger charge is -2.29. The second kappa shape index (κ2) is 8.83. The zero-order valence-electron chi connectivity index (χ0n) is 17.4. The summed E-state index contributed by atoms with van der Waals surface area (Å²) < 4.78 is 11.2. The molecule has 6 nitrogen and oxygen atoms in total. The topological polar surface area (TPSA) is 81.9 Å². The number of ether oxygens (including phenoxy) is 2. The Morgan fingerprint density at radius 3 is 2.67 bits per heavy atom. The zero-order valence-corrected chi connectivity index (χ0v) is 18.3. The van der Waals surface area contributed by atoms with Crippen molar-refractivity contribution < 1.29 is 19.1 Å². The van der Waals surface area contributed by atoms with Gasteiger partial charge in [0.15, 0.2) is 0 Å². The van der Waals surface area contributed by atoms with Gasteiger partial charge in [0.25, 0.3) is 5.91 Å². The molecular formula is C23H26N2O4S. The molecule has 1 amide bonds. The van der Waals surface area contributed by atoms with Gasteiger partial charge in [0.05, 0.1) is 0 Å². The summed E-state index contributed by atoms with van der Waals surface area (Å²) in [5.41, 5.74) is 8.36. The molecule has 0 aliphatic carbocycles. The van der Waals surface area contributed by atoms with Gasteiger partial charge in [0.2, 0.25) is 0 Å². The van der Waals surface area contributed by atoms with E-state index in [-0.39, 0.29) is 12.5 Å². The third-order valence-electron chi connectivity index (χ3n) is 4.60. The summed E-state index contributed by atoms with van der Waals surface area (Å²) in [4.78, 5) is 26.7. The molecule has 1 aliphatic heterocycles. The van der Waals surface area contributed by atoms with Crippen LogP contribution >= 0.6 is 12.2 Å². The number of nitrogens with zero attached hydrogens (tertiary/aromatic N) is 1. The van der Waals surface area contributed by atoms with E-state index < -0.39 is 11.6 Å². The Morgan fingerprint density at radius 1 is 1.20 bits per heavy atom. The van der Waals surface area contributed by atoms with Crippen LogP contribution in [-0.2, 0) is 22.6 Å². The third-order valence-corrected chi connectivity index (χ3v) is 4.84. The van der Waals surface area contributed by atoms with E-state index in [9.17, 15) is 9.59 Å². The van der Waals surface area contributed by atoms with Crippen LogP contribution < -0.4 is 10.5 Å². The van der Waals surface area contributed by atoms with Crippen LogP contribution in [-0.4, -0.2) is 40.5 Å². The first-order chi connectivity index (χ1) is 14.1. The SMILES string of the molecule is CC(C)(C)OC(=O)CN1CCc2cc(OCc3cccc(C(N)=S)c3)ccc2C1=O. The lowest BCUT2D eigenvalue weighted by molar-refractivity contribution is -0.155. The normalized spacial score (nSPS) is 13.6. The maximum absolute atomic E-state index is 12.8. The zero-order chi connectivity index (χ0) is 21.9. The van der Waals surface area contributed by atoms with E-state index in [0.717, 1.165) is 16.7 Å². The lowest BCUT2D eigenvalue weighted by Crippen LogP contribution is -2.42. The van der Waals surface area contributed by atoms with E-state index in [1.807, 2.05) is 30.3 Å². The Hall–Kier alpha value is -2.93. The molecule has 0 aromatic heterocycles. The fourth-order valence-corrected chi connectivity index (χ4v) is 3.39. The molecule has 2 aromatic carbocycles. The molecule has 0 unspecified atom stereocenters. The van der Waals surface area contributed by atoms with Crippen molar-refractivity contribution in [2.24, 2.45) is 5.73 Å². The second-order valence-corrected chi connectivity index (χ2v) is 8.68. The average molecular weight is 427 g/mol. The van der Waals surface area contributed by atoms with E-state index in [0.29, 0.717) is 35.9 Å². The van der Waals surface area contributed by atoms with Crippen LogP contribution in [0.4, 0.5) is 0 Å². The largest absolute Gasteiger partial charge is 0.489 e. The number of esters is 1. The quantitative estimate of drug-likeness (QED) is 0.564. The van der Waals surface area contributed by atoms with Crippen molar-refractivity contribution in [2.75, 3.05) is 13.1 Å². The van der Waals surface area contributed by atoms with Crippen LogP contribution in [0.15, 0.2) is 42.5 Å². The highest BCUT2D eigenvalue weighted by Crippen LogP contribution is 2.25. The van der Waals surface area contributed by atoms with E-state index >= 15 is 0 Å². The molecule has 0 saturated heterocycles. The number of carbonyl (C=O) groups is 2. The van der Waals surface area contributed by atoms with Crippen molar-refractivity contribution in [3.05, 3.63) is 64.7 Å². The highest BCUT2D eigenvalue weighted by molar-refractivity contribution is 7.80.